The maximum absolute atomic E-state index is 5.41. The van der Waals surface area contributed by atoms with E-state index in [0.29, 0.717) is 0 Å². The molecule has 3 nitrogen and oxygen atoms in total. The highest BCUT2D eigenvalue weighted by Gasteiger charge is 2.15. The standard InChI is InChI=1S/C13H22NO2/c1-10-7-13(16-6)11(8-12(10)15-5)9-14(2,3)4/h7-8H,9H2,1-6H3/q+1. The molecule has 0 amide bonds. The number of quaternary nitrogens is 1. The SMILES string of the molecule is COc1cc(C[N+](C)(C)C)c(OC)cc1C. The van der Waals surface area contributed by atoms with Crippen LogP contribution in [0.1, 0.15) is 11.1 Å². The largest absolute Gasteiger partial charge is 0.496 e. The summed E-state index contributed by atoms with van der Waals surface area (Å²) in [4.78, 5) is 0. The summed E-state index contributed by atoms with van der Waals surface area (Å²) in [5.41, 5.74) is 2.28. The predicted molar refractivity (Wildman–Crippen MR) is 66.0 cm³/mol. The van der Waals surface area contributed by atoms with Crippen molar-refractivity contribution in [3.8, 4) is 11.5 Å². The molecule has 0 bridgehead atoms. The zero-order chi connectivity index (χ0) is 12.3. The summed E-state index contributed by atoms with van der Waals surface area (Å²) >= 11 is 0. The normalized spacial score (nSPS) is 11.4. The lowest BCUT2D eigenvalue weighted by molar-refractivity contribution is -0.884. The first-order valence-electron chi connectivity index (χ1n) is 5.39. The van der Waals surface area contributed by atoms with Gasteiger partial charge < -0.3 is 14.0 Å². The van der Waals surface area contributed by atoms with Gasteiger partial charge in [0.1, 0.15) is 18.0 Å². The van der Waals surface area contributed by atoms with Gasteiger partial charge in [-0.1, -0.05) is 0 Å². The molecule has 0 aliphatic heterocycles. The van der Waals surface area contributed by atoms with E-state index in [1.54, 1.807) is 14.2 Å². The van der Waals surface area contributed by atoms with E-state index in [2.05, 4.69) is 27.2 Å². The van der Waals surface area contributed by atoms with E-state index in [9.17, 15) is 0 Å². The van der Waals surface area contributed by atoms with Crippen molar-refractivity contribution in [2.75, 3.05) is 35.4 Å². The molecule has 0 unspecified atom stereocenters. The summed E-state index contributed by atoms with van der Waals surface area (Å²) in [6.07, 6.45) is 0. The van der Waals surface area contributed by atoms with Gasteiger partial charge in [0.25, 0.3) is 0 Å². The Morgan fingerprint density at radius 2 is 1.56 bits per heavy atom. The molecule has 1 rings (SSSR count). The van der Waals surface area contributed by atoms with E-state index in [1.165, 1.54) is 5.56 Å². The predicted octanol–water partition coefficient (Wildman–Crippen LogP) is 2.22. The number of ether oxygens (including phenoxy) is 2. The second-order valence-electron chi connectivity index (χ2n) is 5.08. The van der Waals surface area contributed by atoms with Crippen LogP contribution in [0.5, 0.6) is 11.5 Å². The number of benzene rings is 1. The Morgan fingerprint density at radius 1 is 1.00 bits per heavy atom. The van der Waals surface area contributed by atoms with Crippen molar-refractivity contribution in [2.24, 2.45) is 0 Å². The van der Waals surface area contributed by atoms with Gasteiger partial charge in [0.15, 0.2) is 0 Å². The molecule has 0 heterocycles. The van der Waals surface area contributed by atoms with Crippen LogP contribution in [0.25, 0.3) is 0 Å². The molecule has 90 valence electrons. The molecular formula is C13H22NO2+. The maximum Gasteiger partial charge on any atom is 0.128 e. The average Bonchev–Trinajstić information content (AvgIpc) is 2.18. The van der Waals surface area contributed by atoms with Crippen LogP contribution in [-0.4, -0.2) is 39.8 Å². The first kappa shape index (κ1) is 12.8. The Hall–Kier alpha value is -1.22. The van der Waals surface area contributed by atoms with E-state index in [0.717, 1.165) is 28.1 Å². The van der Waals surface area contributed by atoms with Crippen molar-refractivity contribution in [2.45, 2.75) is 13.5 Å². The molecule has 3 heteroatoms. The zero-order valence-corrected chi connectivity index (χ0v) is 11.1. The highest BCUT2D eigenvalue weighted by Crippen LogP contribution is 2.29. The summed E-state index contributed by atoms with van der Waals surface area (Å²) in [7, 11) is 9.88. The van der Waals surface area contributed by atoms with Crippen molar-refractivity contribution in [1.29, 1.82) is 0 Å². The summed E-state index contributed by atoms with van der Waals surface area (Å²) in [6, 6.07) is 4.10. The van der Waals surface area contributed by atoms with Gasteiger partial charge in [0.2, 0.25) is 0 Å². The minimum absolute atomic E-state index is 0.864. The number of rotatable bonds is 4. The highest BCUT2D eigenvalue weighted by atomic mass is 16.5. The zero-order valence-electron chi connectivity index (χ0n) is 11.1. The third-order valence-electron chi connectivity index (χ3n) is 2.44. The third-order valence-corrected chi connectivity index (χ3v) is 2.44. The lowest BCUT2D eigenvalue weighted by atomic mass is 10.1. The van der Waals surface area contributed by atoms with Gasteiger partial charge in [-0.05, 0) is 24.6 Å². The van der Waals surface area contributed by atoms with E-state index < -0.39 is 0 Å². The van der Waals surface area contributed by atoms with Crippen LogP contribution in [-0.2, 0) is 6.54 Å². The number of aryl methyl sites for hydroxylation is 1. The first-order valence-corrected chi connectivity index (χ1v) is 5.39. The van der Waals surface area contributed by atoms with Crippen LogP contribution >= 0.6 is 0 Å². The number of methoxy groups -OCH3 is 2. The number of hydrogen-bond donors (Lipinski definition) is 0. The molecule has 0 saturated carbocycles. The molecule has 1 aromatic rings. The highest BCUT2D eigenvalue weighted by molar-refractivity contribution is 5.45. The van der Waals surface area contributed by atoms with E-state index in [-0.39, 0.29) is 0 Å². The van der Waals surface area contributed by atoms with Gasteiger partial charge in [0.05, 0.1) is 40.9 Å². The summed E-state index contributed by atoms with van der Waals surface area (Å²) in [6.45, 7) is 2.94. The Balaban J connectivity index is 3.15. The Labute approximate surface area is 98.2 Å². The van der Waals surface area contributed by atoms with Gasteiger partial charge in [-0.3, -0.25) is 0 Å². The van der Waals surface area contributed by atoms with Crippen LogP contribution in [0.3, 0.4) is 0 Å². The van der Waals surface area contributed by atoms with E-state index in [1.807, 2.05) is 13.0 Å². The van der Waals surface area contributed by atoms with Crippen LogP contribution in [0, 0.1) is 6.92 Å². The Bertz CT molecular complexity index is 367. The summed E-state index contributed by atoms with van der Waals surface area (Å²) in [5.74, 6) is 1.86. The first-order chi connectivity index (χ1) is 7.37. The fourth-order valence-electron chi connectivity index (χ4n) is 1.75. The lowest BCUT2D eigenvalue weighted by Gasteiger charge is -2.25. The smallest absolute Gasteiger partial charge is 0.128 e. The van der Waals surface area contributed by atoms with Gasteiger partial charge in [-0.2, -0.15) is 0 Å². The van der Waals surface area contributed by atoms with Crippen LogP contribution < -0.4 is 9.47 Å². The van der Waals surface area contributed by atoms with Gasteiger partial charge in [0, 0.05) is 0 Å². The van der Waals surface area contributed by atoms with E-state index >= 15 is 0 Å². The summed E-state index contributed by atoms with van der Waals surface area (Å²) < 4.78 is 11.6. The molecular weight excluding hydrogens is 202 g/mol. The van der Waals surface area contributed by atoms with Crippen molar-refractivity contribution in [3.63, 3.8) is 0 Å². The fourth-order valence-corrected chi connectivity index (χ4v) is 1.75. The molecule has 0 fully saturated rings. The van der Waals surface area contributed by atoms with Crippen LogP contribution in [0.4, 0.5) is 0 Å². The molecule has 0 N–H and O–H groups in total. The minimum atomic E-state index is 0.864. The van der Waals surface area contributed by atoms with Crippen molar-refractivity contribution in [1.82, 2.24) is 0 Å². The van der Waals surface area contributed by atoms with Gasteiger partial charge in [-0.15, -0.1) is 0 Å². The van der Waals surface area contributed by atoms with Crippen molar-refractivity contribution >= 4 is 0 Å². The molecule has 0 atom stereocenters. The topological polar surface area (TPSA) is 18.5 Å². The van der Waals surface area contributed by atoms with Gasteiger partial charge in [-0.25, -0.2) is 0 Å². The van der Waals surface area contributed by atoms with Crippen LogP contribution in [0.15, 0.2) is 12.1 Å². The molecule has 0 aromatic heterocycles. The maximum atomic E-state index is 5.41. The molecule has 0 aliphatic carbocycles. The quantitative estimate of drug-likeness (QED) is 0.730. The second-order valence-corrected chi connectivity index (χ2v) is 5.08. The van der Waals surface area contributed by atoms with Crippen molar-refractivity contribution in [3.05, 3.63) is 23.3 Å². The molecule has 1 aromatic carbocycles. The van der Waals surface area contributed by atoms with E-state index in [4.69, 9.17) is 9.47 Å². The van der Waals surface area contributed by atoms with Crippen LogP contribution in [0.2, 0.25) is 0 Å². The Kier molecular flexibility index (Phi) is 3.81. The molecule has 0 aliphatic rings. The molecule has 0 spiro atoms. The van der Waals surface area contributed by atoms with Crippen molar-refractivity contribution < 1.29 is 14.0 Å². The number of hydrogen-bond acceptors (Lipinski definition) is 2. The Morgan fingerprint density at radius 3 is 2.00 bits per heavy atom. The molecule has 0 saturated heterocycles. The molecule has 0 radical (unpaired) electrons. The molecule has 16 heavy (non-hydrogen) atoms. The summed E-state index contributed by atoms with van der Waals surface area (Å²) in [5, 5.41) is 0. The van der Waals surface area contributed by atoms with Gasteiger partial charge >= 0.3 is 0 Å². The lowest BCUT2D eigenvalue weighted by Crippen LogP contribution is -2.33. The monoisotopic (exact) mass is 224 g/mol. The number of nitrogens with zero attached hydrogens (tertiary/aromatic N) is 1. The minimum Gasteiger partial charge on any atom is -0.496 e. The third kappa shape index (κ3) is 3.14. The average molecular weight is 224 g/mol. The fraction of sp³-hybridized carbons (Fsp3) is 0.538. The second kappa shape index (κ2) is 4.74.